The minimum Gasteiger partial charge on any atom is -0.493 e. The van der Waals surface area contributed by atoms with E-state index in [0.717, 1.165) is 22.3 Å². The fraction of sp³-hybridized carbons (Fsp3) is 0.357. The lowest BCUT2D eigenvalue weighted by Crippen LogP contribution is -2.11. The molecule has 0 bridgehead atoms. The second-order valence-electron chi connectivity index (χ2n) is 4.46. The van der Waals surface area contributed by atoms with Crippen LogP contribution in [0.2, 0.25) is 0 Å². The first-order valence-electron chi connectivity index (χ1n) is 6.03. The Balaban J connectivity index is 2.78. The Morgan fingerprint density at radius 1 is 1.11 bits per heavy atom. The van der Waals surface area contributed by atoms with E-state index in [-0.39, 0.29) is 0 Å². The molecule has 1 aromatic carbocycles. The van der Waals surface area contributed by atoms with Crippen LogP contribution in [-0.2, 0) is 6.54 Å². The Hall–Kier alpha value is -2.01. The number of hydrogen-bond donors (Lipinski definition) is 1. The molecular weight excluding hydrogens is 242 g/mol. The molecule has 102 valence electrons. The monoisotopic (exact) mass is 261 g/mol. The van der Waals surface area contributed by atoms with E-state index < -0.39 is 0 Å². The molecule has 0 amide bonds. The van der Waals surface area contributed by atoms with Gasteiger partial charge in [0, 0.05) is 37.8 Å². The van der Waals surface area contributed by atoms with Gasteiger partial charge in [0.1, 0.15) is 0 Å². The number of pyridine rings is 1. The Morgan fingerprint density at radius 2 is 1.74 bits per heavy atom. The van der Waals surface area contributed by atoms with Crippen LogP contribution in [0.5, 0.6) is 11.5 Å². The van der Waals surface area contributed by atoms with Gasteiger partial charge in [0.25, 0.3) is 0 Å². The van der Waals surface area contributed by atoms with Gasteiger partial charge in [-0.3, -0.25) is 4.98 Å². The van der Waals surface area contributed by atoms with Crippen molar-refractivity contribution in [3.63, 3.8) is 0 Å². The maximum atomic E-state index is 5.70. The molecule has 0 aliphatic rings. The largest absolute Gasteiger partial charge is 0.493 e. The number of methoxy groups -OCH3 is 2. The first-order valence-corrected chi connectivity index (χ1v) is 6.03. The van der Waals surface area contributed by atoms with Gasteiger partial charge in [-0.25, -0.2) is 0 Å². The molecule has 5 heteroatoms. The summed E-state index contributed by atoms with van der Waals surface area (Å²) in [6.07, 6.45) is 0. The third-order valence-corrected chi connectivity index (χ3v) is 3.04. The number of fused-ring (bicyclic) bond motifs is 1. The Morgan fingerprint density at radius 3 is 2.26 bits per heavy atom. The quantitative estimate of drug-likeness (QED) is 0.909. The molecule has 0 spiro atoms. The van der Waals surface area contributed by atoms with Crippen molar-refractivity contribution in [3.05, 3.63) is 23.9 Å². The van der Waals surface area contributed by atoms with Gasteiger partial charge in [0.15, 0.2) is 11.5 Å². The van der Waals surface area contributed by atoms with Crippen molar-refractivity contribution in [1.82, 2.24) is 4.98 Å². The summed E-state index contributed by atoms with van der Waals surface area (Å²) in [5.74, 6) is 1.36. The van der Waals surface area contributed by atoms with Crippen molar-refractivity contribution in [2.45, 2.75) is 6.54 Å². The fourth-order valence-electron chi connectivity index (χ4n) is 2.06. The molecule has 19 heavy (non-hydrogen) atoms. The molecule has 0 unspecified atom stereocenters. The molecular formula is C14H19N3O2. The summed E-state index contributed by atoms with van der Waals surface area (Å²) in [6.45, 7) is 0.408. The van der Waals surface area contributed by atoms with Crippen molar-refractivity contribution in [2.24, 2.45) is 5.73 Å². The van der Waals surface area contributed by atoms with Gasteiger partial charge >= 0.3 is 0 Å². The van der Waals surface area contributed by atoms with Gasteiger partial charge < -0.3 is 20.1 Å². The van der Waals surface area contributed by atoms with E-state index in [2.05, 4.69) is 4.98 Å². The van der Waals surface area contributed by atoms with Crippen molar-refractivity contribution < 1.29 is 9.47 Å². The number of hydrogen-bond acceptors (Lipinski definition) is 5. The zero-order valence-electron chi connectivity index (χ0n) is 11.7. The predicted octanol–water partition coefficient (Wildman–Crippen LogP) is 1.78. The number of benzene rings is 1. The second-order valence-corrected chi connectivity index (χ2v) is 4.46. The molecule has 0 radical (unpaired) electrons. The highest BCUT2D eigenvalue weighted by molar-refractivity contribution is 5.94. The van der Waals surface area contributed by atoms with E-state index in [9.17, 15) is 0 Å². The summed E-state index contributed by atoms with van der Waals surface area (Å²) < 4.78 is 10.6. The average molecular weight is 261 g/mol. The van der Waals surface area contributed by atoms with E-state index in [0.29, 0.717) is 18.0 Å². The minimum absolute atomic E-state index is 0.408. The molecule has 0 fully saturated rings. The van der Waals surface area contributed by atoms with Gasteiger partial charge in [-0.2, -0.15) is 0 Å². The van der Waals surface area contributed by atoms with Crippen molar-refractivity contribution in [3.8, 4) is 11.5 Å². The van der Waals surface area contributed by atoms with Crippen molar-refractivity contribution >= 4 is 16.6 Å². The summed E-state index contributed by atoms with van der Waals surface area (Å²) in [7, 11) is 7.22. The number of aromatic nitrogens is 1. The van der Waals surface area contributed by atoms with E-state index >= 15 is 0 Å². The number of nitrogens with zero attached hydrogens (tertiary/aromatic N) is 2. The Bertz CT molecular complexity index is 597. The molecule has 0 saturated carbocycles. The molecule has 2 rings (SSSR count). The van der Waals surface area contributed by atoms with Gasteiger partial charge in [0.05, 0.1) is 25.4 Å². The minimum atomic E-state index is 0.408. The molecule has 0 aliphatic heterocycles. The average Bonchev–Trinajstić information content (AvgIpc) is 2.44. The maximum absolute atomic E-state index is 5.70. The third-order valence-electron chi connectivity index (χ3n) is 3.04. The number of rotatable bonds is 4. The highest BCUT2D eigenvalue weighted by atomic mass is 16.5. The Kier molecular flexibility index (Phi) is 3.76. The molecule has 1 aromatic heterocycles. The fourth-order valence-corrected chi connectivity index (χ4v) is 2.06. The van der Waals surface area contributed by atoms with Crippen molar-refractivity contribution in [1.29, 1.82) is 0 Å². The maximum Gasteiger partial charge on any atom is 0.162 e. The van der Waals surface area contributed by atoms with Crippen LogP contribution < -0.4 is 20.1 Å². The molecule has 2 aromatic rings. The molecule has 0 aliphatic carbocycles. The van der Waals surface area contributed by atoms with Crippen LogP contribution in [0.25, 0.3) is 10.9 Å². The smallest absolute Gasteiger partial charge is 0.162 e. The number of ether oxygens (including phenoxy) is 2. The summed E-state index contributed by atoms with van der Waals surface area (Å²) in [5, 5.41) is 1.01. The van der Waals surface area contributed by atoms with Gasteiger partial charge in [-0.1, -0.05) is 0 Å². The van der Waals surface area contributed by atoms with Crippen LogP contribution in [0, 0.1) is 0 Å². The van der Waals surface area contributed by atoms with Gasteiger partial charge in [-0.15, -0.1) is 0 Å². The SMILES string of the molecule is COc1cc2nc(CN)cc(N(C)C)c2cc1OC. The molecule has 2 N–H and O–H groups in total. The normalized spacial score (nSPS) is 10.6. The van der Waals surface area contributed by atoms with Gasteiger partial charge in [-0.05, 0) is 12.1 Å². The van der Waals surface area contributed by atoms with Crippen LogP contribution in [0.4, 0.5) is 5.69 Å². The Labute approximate surface area is 112 Å². The summed E-state index contributed by atoms with van der Waals surface area (Å²) >= 11 is 0. The summed E-state index contributed by atoms with van der Waals surface area (Å²) in [6, 6.07) is 5.81. The highest BCUT2D eigenvalue weighted by Gasteiger charge is 2.12. The first-order chi connectivity index (χ1) is 9.10. The van der Waals surface area contributed by atoms with Crippen LogP contribution in [0.3, 0.4) is 0 Å². The van der Waals surface area contributed by atoms with Crippen LogP contribution >= 0.6 is 0 Å². The summed E-state index contributed by atoms with van der Waals surface area (Å²) in [4.78, 5) is 6.57. The highest BCUT2D eigenvalue weighted by Crippen LogP contribution is 2.35. The number of anilines is 1. The van der Waals surface area contributed by atoms with E-state index in [1.54, 1.807) is 14.2 Å². The topological polar surface area (TPSA) is 60.6 Å². The second kappa shape index (κ2) is 5.32. The van der Waals surface area contributed by atoms with E-state index in [1.807, 2.05) is 37.2 Å². The zero-order valence-corrected chi connectivity index (χ0v) is 11.7. The molecule has 0 saturated heterocycles. The molecule has 0 atom stereocenters. The molecule has 5 nitrogen and oxygen atoms in total. The lowest BCUT2D eigenvalue weighted by Gasteiger charge is -2.18. The van der Waals surface area contributed by atoms with Gasteiger partial charge in [0.2, 0.25) is 0 Å². The molecule has 1 heterocycles. The summed E-state index contributed by atoms with van der Waals surface area (Å²) in [5.41, 5.74) is 8.46. The third kappa shape index (κ3) is 2.42. The van der Waals surface area contributed by atoms with Crippen LogP contribution in [-0.4, -0.2) is 33.3 Å². The van der Waals surface area contributed by atoms with E-state index in [4.69, 9.17) is 15.2 Å². The van der Waals surface area contributed by atoms with Crippen LogP contribution in [0.1, 0.15) is 5.69 Å². The zero-order chi connectivity index (χ0) is 14.0. The lowest BCUT2D eigenvalue weighted by molar-refractivity contribution is 0.356. The lowest BCUT2D eigenvalue weighted by atomic mass is 10.1. The van der Waals surface area contributed by atoms with Crippen molar-refractivity contribution in [2.75, 3.05) is 33.2 Å². The standard InChI is InChI=1S/C14H19N3O2/c1-17(2)12-5-9(8-15)16-11-7-14(19-4)13(18-3)6-10(11)12/h5-7H,8,15H2,1-4H3. The van der Waals surface area contributed by atoms with E-state index in [1.165, 1.54) is 0 Å². The predicted molar refractivity (Wildman–Crippen MR) is 77.1 cm³/mol. The first kappa shape index (κ1) is 13.4. The number of nitrogens with two attached hydrogens (primary N) is 1. The van der Waals surface area contributed by atoms with Crippen LogP contribution in [0.15, 0.2) is 18.2 Å².